The summed E-state index contributed by atoms with van der Waals surface area (Å²) in [5.74, 6) is -1.87. The van der Waals surface area contributed by atoms with Crippen LogP contribution in [0.3, 0.4) is 0 Å². The molecule has 0 fully saturated rings. The molecule has 0 amide bonds. The molecule has 0 spiro atoms. The van der Waals surface area contributed by atoms with Gasteiger partial charge in [-0.1, -0.05) is 23.2 Å². The summed E-state index contributed by atoms with van der Waals surface area (Å²) in [7, 11) is 0. The summed E-state index contributed by atoms with van der Waals surface area (Å²) in [6.45, 7) is 0. The van der Waals surface area contributed by atoms with E-state index in [1.54, 1.807) is 0 Å². The Bertz CT molecular complexity index is 601. The maximum atomic E-state index is 13.5. The van der Waals surface area contributed by atoms with Crippen LogP contribution in [0.15, 0.2) is 18.2 Å². The molecule has 0 aliphatic heterocycles. The van der Waals surface area contributed by atoms with Gasteiger partial charge in [0.2, 0.25) is 0 Å². The summed E-state index contributed by atoms with van der Waals surface area (Å²) in [5, 5.41) is 9.12. The lowest BCUT2D eigenvalue weighted by Crippen LogP contribution is -2.01. The van der Waals surface area contributed by atoms with Crippen molar-refractivity contribution in [3.05, 3.63) is 39.9 Å². The Labute approximate surface area is 99.4 Å². The highest BCUT2D eigenvalue weighted by Crippen LogP contribution is 2.31. The minimum atomic E-state index is -1.27. The molecule has 0 unspecified atom stereocenters. The molecule has 2 aromatic rings. The van der Waals surface area contributed by atoms with Gasteiger partial charge in [-0.15, -0.1) is 0 Å². The largest absolute Gasteiger partial charge is 0.477 e. The Morgan fingerprint density at radius 3 is 2.69 bits per heavy atom. The van der Waals surface area contributed by atoms with E-state index >= 15 is 0 Å². The van der Waals surface area contributed by atoms with Crippen LogP contribution >= 0.6 is 23.2 Å². The molecule has 0 saturated carbocycles. The molecule has 0 atom stereocenters. The van der Waals surface area contributed by atoms with Crippen molar-refractivity contribution in [3.63, 3.8) is 0 Å². The van der Waals surface area contributed by atoms with Crippen molar-refractivity contribution in [2.24, 2.45) is 0 Å². The van der Waals surface area contributed by atoms with Gasteiger partial charge in [0, 0.05) is 10.8 Å². The third-order valence-corrected chi connectivity index (χ3v) is 2.66. The van der Waals surface area contributed by atoms with Crippen molar-refractivity contribution in [1.29, 1.82) is 0 Å². The molecule has 2 rings (SSSR count). The second-order valence-corrected chi connectivity index (χ2v) is 3.82. The van der Waals surface area contributed by atoms with Crippen LogP contribution in [0.5, 0.6) is 0 Å². The van der Waals surface area contributed by atoms with E-state index in [1.165, 1.54) is 6.07 Å². The van der Waals surface area contributed by atoms with E-state index in [-0.39, 0.29) is 26.6 Å². The zero-order valence-electron chi connectivity index (χ0n) is 7.67. The van der Waals surface area contributed by atoms with Crippen LogP contribution in [0.25, 0.3) is 10.8 Å². The SMILES string of the molecule is O=C(O)c1cc2c(F)ccc(Cl)c2c(Cl)n1. The predicted molar refractivity (Wildman–Crippen MR) is 58.7 cm³/mol. The maximum absolute atomic E-state index is 13.5. The monoisotopic (exact) mass is 259 g/mol. The van der Waals surface area contributed by atoms with Crippen molar-refractivity contribution < 1.29 is 14.3 Å². The fourth-order valence-corrected chi connectivity index (χ4v) is 1.96. The lowest BCUT2D eigenvalue weighted by atomic mass is 10.1. The van der Waals surface area contributed by atoms with Gasteiger partial charge in [0.25, 0.3) is 0 Å². The van der Waals surface area contributed by atoms with Gasteiger partial charge in [-0.3, -0.25) is 0 Å². The Hall–Kier alpha value is -1.39. The minimum absolute atomic E-state index is 0.0462. The van der Waals surface area contributed by atoms with Crippen molar-refractivity contribution >= 4 is 39.9 Å². The minimum Gasteiger partial charge on any atom is -0.477 e. The number of hydrogen-bond donors (Lipinski definition) is 1. The first-order valence-electron chi connectivity index (χ1n) is 4.18. The second kappa shape index (κ2) is 3.88. The molecule has 0 aliphatic rings. The van der Waals surface area contributed by atoms with Crippen molar-refractivity contribution in [2.75, 3.05) is 0 Å². The van der Waals surface area contributed by atoms with Crippen LogP contribution < -0.4 is 0 Å². The summed E-state index contributed by atoms with van der Waals surface area (Å²) < 4.78 is 13.5. The quantitative estimate of drug-likeness (QED) is 0.799. The fourth-order valence-electron chi connectivity index (χ4n) is 1.36. The smallest absolute Gasteiger partial charge is 0.354 e. The number of carbonyl (C=O) groups is 1. The van der Waals surface area contributed by atoms with Crippen molar-refractivity contribution in [1.82, 2.24) is 4.98 Å². The van der Waals surface area contributed by atoms with Crippen molar-refractivity contribution in [3.8, 4) is 0 Å². The molecular weight excluding hydrogens is 256 g/mol. The third-order valence-electron chi connectivity index (χ3n) is 2.07. The second-order valence-electron chi connectivity index (χ2n) is 3.06. The third kappa shape index (κ3) is 1.70. The number of fused-ring (bicyclic) bond motifs is 1. The molecule has 16 heavy (non-hydrogen) atoms. The highest BCUT2D eigenvalue weighted by Gasteiger charge is 2.14. The standard InChI is InChI=1S/C10H4Cl2FNO2/c11-5-1-2-6(13)4-3-7(10(15)16)14-9(12)8(4)5/h1-3H,(H,15,16). The van der Waals surface area contributed by atoms with E-state index in [2.05, 4.69) is 4.98 Å². The van der Waals surface area contributed by atoms with E-state index in [4.69, 9.17) is 28.3 Å². The van der Waals surface area contributed by atoms with Gasteiger partial charge < -0.3 is 5.11 Å². The van der Waals surface area contributed by atoms with Crippen LogP contribution in [0.1, 0.15) is 10.5 Å². The van der Waals surface area contributed by atoms with Gasteiger partial charge in [-0.25, -0.2) is 14.2 Å². The Morgan fingerprint density at radius 1 is 1.38 bits per heavy atom. The van der Waals surface area contributed by atoms with Gasteiger partial charge in [0.15, 0.2) is 5.69 Å². The molecule has 0 aliphatic carbocycles. The van der Waals surface area contributed by atoms with Gasteiger partial charge in [0.1, 0.15) is 11.0 Å². The lowest BCUT2D eigenvalue weighted by molar-refractivity contribution is 0.0690. The van der Waals surface area contributed by atoms with E-state index < -0.39 is 11.8 Å². The molecule has 1 N–H and O–H groups in total. The van der Waals surface area contributed by atoms with Crippen LogP contribution in [-0.2, 0) is 0 Å². The first-order chi connectivity index (χ1) is 7.50. The average Bonchev–Trinajstić information content (AvgIpc) is 2.22. The molecule has 1 heterocycles. The molecule has 0 bridgehead atoms. The van der Waals surface area contributed by atoms with Crippen LogP contribution in [0.2, 0.25) is 10.2 Å². The van der Waals surface area contributed by atoms with Gasteiger partial charge >= 0.3 is 5.97 Å². The van der Waals surface area contributed by atoms with Crippen LogP contribution in [0.4, 0.5) is 4.39 Å². The number of nitrogens with zero attached hydrogens (tertiary/aromatic N) is 1. The predicted octanol–water partition coefficient (Wildman–Crippen LogP) is 3.38. The van der Waals surface area contributed by atoms with E-state index in [0.717, 1.165) is 12.1 Å². The Kier molecular flexibility index (Phi) is 2.69. The topological polar surface area (TPSA) is 50.2 Å². The fraction of sp³-hybridized carbons (Fsp3) is 0. The normalized spacial score (nSPS) is 10.7. The number of benzene rings is 1. The zero-order chi connectivity index (χ0) is 11.9. The summed E-state index contributed by atoms with van der Waals surface area (Å²) in [6.07, 6.45) is 0. The van der Waals surface area contributed by atoms with Crippen molar-refractivity contribution in [2.45, 2.75) is 0 Å². The summed E-state index contributed by atoms with van der Waals surface area (Å²) in [4.78, 5) is 14.3. The number of hydrogen-bond acceptors (Lipinski definition) is 2. The number of rotatable bonds is 1. The number of carboxylic acids is 1. The van der Waals surface area contributed by atoms with Crippen LogP contribution in [-0.4, -0.2) is 16.1 Å². The van der Waals surface area contributed by atoms with E-state index in [1.807, 2.05) is 0 Å². The molecule has 0 radical (unpaired) electrons. The molecule has 82 valence electrons. The van der Waals surface area contributed by atoms with Gasteiger partial charge in [-0.05, 0) is 18.2 Å². The molecular formula is C10H4Cl2FNO2. The Balaban J connectivity index is 2.92. The highest BCUT2D eigenvalue weighted by molar-refractivity contribution is 6.41. The van der Waals surface area contributed by atoms with Crippen LogP contribution in [0, 0.1) is 5.82 Å². The highest BCUT2D eigenvalue weighted by atomic mass is 35.5. The summed E-state index contributed by atoms with van der Waals surface area (Å²) >= 11 is 11.6. The van der Waals surface area contributed by atoms with Gasteiger partial charge in [-0.2, -0.15) is 0 Å². The molecule has 0 saturated heterocycles. The van der Waals surface area contributed by atoms with E-state index in [0.29, 0.717) is 0 Å². The molecule has 6 heteroatoms. The number of pyridine rings is 1. The van der Waals surface area contributed by atoms with Gasteiger partial charge in [0.05, 0.1) is 5.02 Å². The average molecular weight is 260 g/mol. The first-order valence-corrected chi connectivity index (χ1v) is 4.94. The number of aromatic nitrogens is 1. The Morgan fingerprint density at radius 2 is 2.06 bits per heavy atom. The molecule has 3 nitrogen and oxygen atoms in total. The first kappa shape index (κ1) is 11.1. The number of halogens is 3. The number of carboxylic acid groups (broad SMARTS) is 1. The molecule has 1 aromatic heterocycles. The van der Waals surface area contributed by atoms with E-state index in [9.17, 15) is 9.18 Å². The zero-order valence-corrected chi connectivity index (χ0v) is 9.18. The maximum Gasteiger partial charge on any atom is 0.354 e. The lowest BCUT2D eigenvalue weighted by Gasteiger charge is -2.05. The number of aromatic carboxylic acids is 1. The molecule has 1 aromatic carbocycles. The summed E-state index contributed by atoms with van der Waals surface area (Å²) in [6, 6.07) is 3.59. The summed E-state index contributed by atoms with van der Waals surface area (Å²) in [5.41, 5.74) is -0.321.